The molecular weight excluding hydrogens is 304 g/mol. The van der Waals surface area contributed by atoms with Gasteiger partial charge in [-0.15, -0.1) is 0 Å². The molecule has 0 bridgehead atoms. The summed E-state index contributed by atoms with van der Waals surface area (Å²) < 4.78 is 5.65. The average molecular weight is 328 g/mol. The van der Waals surface area contributed by atoms with Gasteiger partial charge in [-0.3, -0.25) is 0 Å². The highest BCUT2D eigenvalue weighted by Gasteiger charge is 2.38. The molecule has 2 aliphatic rings. The maximum atomic E-state index is 12.5. The van der Waals surface area contributed by atoms with E-state index in [2.05, 4.69) is 16.7 Å². The topological polar surface area (TPSA) is 77.4 Å². The first kappa shape index (κ1) is 16.7. The number of amides is 2. The standard InChI is InChI=1S/C18H24N4O2/c1-24-16-11-21-18(23)22(12-13-5-7-20-8-6-13)17(16)15-4-2-3-14(9-15)10-19/h2-4,9,13,16-17,20H,5-8,11-12H2,1H3,(H,21,23). The zero-order valence-electron chi connectivity index (χ0n) is 14.0. The van der Waals surface area contributed by atoms with Gasteiger partial charge < -0.3 is 20.3 Å². The van der Waals surface area contributed by atoms with Crippen LogP contribution in [0.1, 0.15) is 30.0 Å². The Hall–Kier alpha value is -2.10. The van der Waals surface area contributed by atoms with Crippen LogP contribution in [0.15, 0.2) is 24.3 Å². The van der Waals surface area contributed by atoms with Crippen molar-refractivity contribution in [2.24, 2.45) is 5.92 Å². The molecule has 0 radical (unpaired) electrons. The van der Waals surface area contributed by atoms with Crippen molar-refractivity contribution in [2.45, 2.75) is 25.0 Å². The number of ether oxygens (including phenoxy) is 1. The highest BCUT2D eigenvalue weighted by Crippen LogP contribution is 2.31. The molecule has 2 saturated heterocycles. The van der Waals surface area contributed by atoms with E-state index in [1.807, 2.05) is 23.1 Å². The molecule has 2 fully saturated rings. The molecule has 1 aromatic rings. The van der Waals surface area contributed by atoms with Gasteiger partial charge in [0.15, 0.2) is 0 Å². The van der Waals surface area contributed by atoms with E-state index in [0.29, 0.717) is 18.0 Å². The molecule has 0 spiro atoms. The molecule has 2 atom stereocenters. The zero-order chi connectivity index (χ0) is 16.9. The van der Waals surface area contributed by atoms with Crippen molar-refractivity contribution in [1.82, 2.24) is 15.5 Å². The lowest BCUT2D eigenvalue weighted by Crippen LogP contribution is -2.57. The van der Waals surface area contributed by atoms with Crippen LogP contribution in [0.25, 0.3) is 0 Å². The molecule has 128 valence electrons. The van der Waals surface area contributed by atoms with Gasteiger partial charge in [0.25, 0.3) is 0 Å². The number of methoxy groups -OCH3 is 1. The highest BCUT2D eigenvalue weighted by molar-refractivity contribution is 5.76. The Balaban J connectivity index is 1.88. The number of urea groups is 1. The second-order valence-electron chi connectivity index (χ2n) is 6.49. The number of rotatable bonds is 4. The number of nitrogens with zero attached hydrogens (tertiary/aromatic N) is 2. The summed E-state index contributed by atoms with van der Waals surface area (Å²) in [6, 6.07) is 9.47. The van der Waals surface area contributed by atoms with Gasteiger partial charge in [-0.2, -0.15) is 5.26 Å². The highest BCUT2D eigenvalue weighted by atomic mass is 16.5. The minimum Gasteiger partial charge on any atom is -0.377 e. The minimum absolute atomic E-state index is 0.0470. The molecule has 0 aliphatic carbocycles. The Labute approximate surface area is 142 Å². The fraction of sp³-hybridized carbons (Fsp3) is 0.556. The Bertz CT molecular complexity index is 622. The Kier molecular flexibility index (Phi) is 5.34. The molecule has 6 heteroatoms. The van der Waals surface area contributed by atoms with E-state index in [9.17, 15) is 10.1 Å². The summed E-state index contributed by atoms with van der Waals surface area (Å²) in [6.07, 6.45) is 2.03. The van der Waals surface area contributed by atoms with E-state index in [-0.39, 0.29) is 18.2 Å². The number of nitrogens with one attached hydrogen (secondary N) is 2. The average Bonchev–Trinajstić information content (AvgIpc) is 2.64. The molecule has 2 amide bonds. The molecule has 2 aliphatic heterocycles. The third-order valence-electron chi connectivity index (χ3n) is 4.98. The van der Waals surface area contributed by atoms with Crippen LogP contribution >= 0.6 is 0 Å². The van der Waals surface area contributed by atoms with Gasteiger partial charge in [0.2, 0.25) is 0 Å². The molecule has 0 aromatic heterocycles. The molecular formula is C18H24N4O2. The predicted molar refractivity (Wildman–Crippen MR) is 90.4 cm³/mol. The first-order valence-corrected chi connectivity index (χ1v) is 8.51. The number of nitriles is 1. The number of hydrogen-bond acceptors (Lipinski definition) is 4. The first-order valence-electron chi connectivity index (χ1n) is 8.51. The lowest BCUT2D eigenvalue weighted by molar-refractivity contribution is 0.00438. The summed E-state index contributed by atoms with van der Waals surface area (Å²) in [7, 11) is 1.67. The molecule has 1 aromatic carbocycles. The van der Waals surface area contributed by atoms with Crippen LogP contribution in [0.3, 0.4) is 0 Å². The molecule has 24 heavy (non-hydrogen) atoms. The second kappa shape index (κ2) is 7.65. The van der Waals surface area contributed by atoms with Gasteiger partial charge in [0.05, 0.1) is 23.8 Å². The summed E-state index contributed by atoms with van der Waals surface area (Å²) in [5.41, 5.74) is 1.57. The monoisotopic (exact) mass is 328 g/mol. The molecule has 2 unspecified atom stereocenters. The van der Waals surface area contributed by atoms with Gasteiger partial charge in [-0.1, -0.05) is 12.1 Å². The van der Waals surface area contributed by atoms with Crippen LogP contribution in [0.2, 0.25) is 0 Å². The van der Waals surface area contributed by atoms with E-state index in [4.69, 9.17) is 4.74 Å². The first-order chi connectivity index (χ1) is 11.7. The van der Waals surface area contributed by atoms with E-state index in [0.717, 1.165) is 38.0 Å². The summed E-state index contributed by atoms with van der Waals surface area (Å²) in [5, 5.41) is 15.5. The van der Waals surface area contributed by atoms with Crippen LogP contribution in [-0.2, 0) is 4.74 Å². The maximum Gasteiger partial charge on any atom is 0.318 e. The smallest absolute Gasteiger partial charge is 0.318 e. The number of carbonyl (C=O) groups is 1. The van der Waals surface area contributed by atoms with Crippen molar-refractivity contribution >= 4 is 6.03 Å². The fourth-order valence-corrected chi connectivity index (χ4v) is 3.67. The van der Waals surface area contributed by atoms with Crippen molar-refractivity contribution in [3.8, 4) is 6.07 Å². The number of hydrogen-bond donors (Lipinski definition) is 2. The van der Waals surface area contributed by atoms with Gasteiger partial charge in [0, 0.05) is 20.2 Å². The third kappa shape index (κ3) is 3.53. The predicted octanol–water partition coefficient (Wildman–Crippen LogP) is 1.64. The molecule has 2 N–H and O–H groups in total. The SMILES string of the molecule is COC1CNC(=O)N(CC2CCNCC2)C1c1cccc(C#N)c1. The van der Waals surface area contributed by atoms with E-state index in [1.54, 1.807) is 13.2 Å². The second-order valence-corrected chi connectivity index (χ2v) is 6.49. The van der Waals surface area contributed by atoms with Crippen LogP contribution in [0.4, 0.5) is 4.79 Å². The van der Waals surface area contributed by atoms with Crippen LogP contribution in [-0.4, -0.2) is 50.3 Å². The van der Waals surface area contributed by atoms with E-state index in [1.165, 1.54) is 0 Å². The molecule has 2 heterocycles. The van der Waals surface area contributed by atoms with Gasteiger partial charge in [0.1, 0.15) is 0 Å². The van der Waals surface area contributed by atoms with Crippen LogP contribution in [0.5, 0.6) is 0 Å². The number of carbonyl (C=O) groups excluding carboxylic acids is 1. The quantitative estimate of drug-likeness (QED) is 0.881. The number of benzene rings is 1. The van der Waals surface area contributed by atoms with Crippen molar-refractivity contribution < 1.29 is 9.53 Å². The lowest BCUT2D eigenvalue weighted by Gasteiger charge is -2.43. The zero-order valence-corrected chi connectivity index (χ0v) is 14.0. The Morgan fingerprint density at radius 3 is 2.88 bits per heavy atom. The fourth-order valence-electron chi connectivity index (χ4n) is 3.67. The summed E-state index contributed by atoms with van der Waals surface area (Å²) in [5.74, 6) is 0.495. The van der Waals surface area contributed by atoms with Crippen molar-refractivity contribution in [1.29, 1.82) is 5.26 Å². The van der Waals surface area contributed by atoms with E-state index >= 15 is 0 Å². The van der Waals surface area contributed by atoms with Gasteiger partial charge in [-0.25, -0.2) is 4.79 Å². The molecule has 6 nitrogen and oxygen atoms in total. The van der Waals surface area contributed by atoms with Crippen molar-refractivity contribution in [3.63, 3.8) is 0 Å². The normalized spacial score (nSPS) is 25.2. The van der Waals surface area contributed by atoms with Gasteiger partial charge in [-0.05, 0) is 49.5 Å². The van der Waals surface area contributed by atoms with Crippen molar-refractivity contribution in [3.05, 3.63) is 35.4 Å². The largest absolute Gasteiger partial charge is 0.377 e. The van der Waals surface area contributed by atoms with Crippen LogP contribution < -0.4 is 10.6 Å². The molecule has 0 saturated carbocycles. The van der Waals surface area contributed by atoms with Gasteiger partial charge >= 0.3 is 6.03 Å². The maximum absolute atomic E-state index is 12.5. The number of piperidine rings is 1. The minimum atomic E-state index is -0.160. The third-order valence-corrected chi connectivity index (χ3v) is 4.98. The summed E-state index contributed by atoms with van der Waals surface area (Å²) >= 11 is 0. The van der Waals surface area contributed by atoms with E-state index < -0.39 is 0 Å². The van der Waals surface area contributed by atoms with Crippen molar-refractivity contribution in [2.75, 3.05) is 33.3 Å². The summed E-state index contributed by atoms with van der Waals surface area (Å²) in [4.78, 5) is 14.4. The molecule has 3 rings (SSSR count). The Morgan fingerprint density at radius 1 is 1.38 bits per heavy atom. The van der Waals surface area contributed by atoms with Crippen LogP contribution in [0, 0.1) is 17.2 Å². The Morgan fingerprint density at radius 2 is 2.17 bits per heavy atom. The summed E-state index contributed by atoms with van der Waals surface area (Å²) in [6.45, 7) is 3.21. The lowest BCUT2D eigenvalue weighted by atomic mass is 9.92.